The Morgan fingerprint density at radius 1 is 1.50 bits per heavy atom. The first-order valence-electron chi connectivity index (χ1n) is 4.58. The molecule has 0 saturated heterocycles. The van der Waals surface area contributed by atoms with Crippen molar-refractivity contribution in [3.05, 3.63) is 29.8 Å². The lowest BCUT2D eigenvalue weighted by Crippen LogP contribution is -2.32. The van der Waals surface area contributed by atoms with Crippen molar-refractivity contribution >= 4 is 0 Å². The van der Waals surface area contributed by atoms with Crippen molar-refractivity contribution in [3.8, 4) is 11.8 Å². The van der Waals surface area contributed by atoms with Crippen molar-refractivity contribution < 1.29 is 9.84 Å². The molecule has 1 atom stereocenters. The number of benzene rings is 1. The van der Waals surface area contributed by atoms with Crippen LogP contribution in [0.2, 0.25) is 0 Å². The molecule has 3 nitrogen and oxygen atoms in total. The van der Waals surface area contributed by atoms with Crippen molar-refractivity contribution in [3.63, 3.8) is 0 Å². The minimum Gasteiger partial charge on any atom is -0.493 e. The Morgan fingerprint density at radius 3 is 3.07 bits per heavy atom. The normalized spacial score (nSPS) is 24.6. The maximum atomic E-state index is 10.2. The van der Waals surface area contributed by atoms with Gasteiger partial charge in [-0.25, -0.2) is 0 Å². The lowest BCUT2D eigenvalue weighted by Gasteiger charge is -2.32. The van der Waals surface area contributed by atoms with E-state index in [1.807, 2.05) is 30.3 Å². The third-order valence-electron chi connectivity index (χ3n) is 2.53. The molecule has 3 heteroatoms. The van der Waals surface area contributed by atoms with Crippen LogP contribution in [0.1, 0.15) is 18.4 Å². The van der Waals surface area contributed by atoms with E-state index >= 15 is 0 Å². The second-order valence-corrected chi connectivity index (χ2v) is 3.46. The van der Waals surface area contributed by atoms with E-state index in [9.17, 15) is 5.11 Å². The topological polar surface area (TPSA) is 53.2 Å². The number of fused-ring (bicyclic) bond motifs is 1. The second kappa shape index (κ2) is 3.32. The first-order valence-corrected chi connectivity index (χ1v) is 4.58. The molecule has 0 bridgehead atoms. The Bertz CT molecular complexity index is 383. The standard InChI is InChI=1S/C11H11NO2/c12-7-5-11(13)6-8-14-10-4-2-1-3-9(10)11/h1-4,13H,5-6,8H2. The van der Waals surface area contributed by atoms with Gasteiger partial charge in [-0.15, -0.1) is 0 Å². The highest BCUT2D eigenvalue weighted by atomic mass is 16.5. The van der Waals surface area contributed by atoms with Gasteiger partial charge in [-0.1, -0.05) is 18.2 Å². The summed E-state index contributed by atoms with van der Waals surface area (Å²) in [7, 11) is 0. The Labute approximate surface area is 82.6 Å². The summed E-state index contributed by atoms with van der Waals surface area (Å²) < 4.78 is 5.40. The molecule has 0 saturated carbocycles. The Hall–Kier alpha value is -1.53. The van der Waals surface area contributed by atoms with E-state index in [4.69, 9.17) is 10.00 Å². The van der Waals surface area contributed by atoms with Gasteiger partial charge in [-0.3, -0.25) is 0 Å². The van der Waals surface area contributed by atoms with Crippen molar-refractivity contribution in [2.24, 2.45) is 0 Å². The average Bonchev–Trinajstić information content (AvgIpc) is 2.19. The minimum absolute atomic E-state index is 0.118. The maximum absolute atomic E-state index is 10.2. The fraction of sp³-hybridized carbons (Fsp3) is 0.364. The summed E-state index contributed by atoms with van der Waals surface area (Å²) in [5.74, 6) is 0.691. The molecule has 0 fully saturated rings. The van der Waals surface area contributed by atoms with Crippen molar-refractivity contribution in [1.29, 1.82) is 5.26 Å². The Morgan fingerprint density at radius 2 is 2.29 bits per heavy atom. The zero-order valence-corrected chi connectivity index (χ0v) is 7.73. The van der Waals surface area contributed by atoms with E-state index < -0.39 is 5.60 Å². The summed E-state index contributed by atoms with van der Waals surface area (Å²) in [4.78, 5) is 0. The van der Waals surface area contributed by atoms with Gasteiger partial charge in [0.15, 0.2) is 0 Å². The molecule has 72 valence electrons. The lowest BCUT2D eigenvalue weighted by atomic mass is 9.86. The summed E-state index contributed by atoms with van der Waals surface area (Å²) in [6.07, 6.45) is 0.602. The molecule has 1 unspecified atom stereocenters. The van der Waals surface area contributed by atoms with E-state index in [-0.39, 0.29) is 6.42 Å². The Kier molecular flexibility index (Phi) is 2.14. The molecule has 1 N–H and O–H groups in total. The highest BCUT2D eigenvalue weighted by Gasteiger charge is 2.35. The number of para-hydroxylation sites is 1. The average molecular weight is 189 g/mol. The summed E-state index contributed by atoms with van der Waals surface area (Å²) in [6, 6.07) is 9.34. The quantitative estimate of drug-likeness (QED) is 0.729. The molecule has 0 amide bonds. The van der Waals surface area contributed by atoms with Crippen molar-refractivity contribution in [1.82, 2.24) is 0 Å². The fourth-order valence-corrected chi connectivity index (χ4v) is 1.76. The number of hydrogen-bond donors (Lipinski definition) is 1. The fourth-order valence-electron chi connectivity index (χ4n) is 1.76. The van der Waals surface area contributed by atoms with Crippen LogP contribution < -0.4 is 4.74 Å². The minimum atomic E-state index is -1.02. The van der Waals surface area contributed by atoms with Crippen LogP contribution in [-0.2, 0) is 5.60 Å². The molecule has 0 spiro atoms. The first-order chi connectivity index (χ1) is 6.76. The predicted molar refractivity (Wildman–Crippen MR) is 50.7 cm³/mol. The van der Waals surface area contributed by atoms with E-state index in [0.717, 1.165) is 5.56 Å². The van der Waals surface area contributed by atoms with Gasteiger partial charge in [0.05, 0.1) is 19.1 Å². The smallest absolute Gasteiger partial charge is 0.125 e. The van der Waals surface area contributed by atoms with Crippen LogP contribution in [-0.4, -0.2) is 11.7 Å². The first kappa shape index (κ1) is 9.04. The van der Waals surface area contributed by atoms with Gasteiger partial charge in [0.25, 0.3) is 0 Å². The molecule has 1 aliphatic heterocycles. The van der Waals surface area contributed by atoms with E-state index in [1.54, 1.807) is 0 Å². The van der Waals surface area contributed by atoms with Gasteiger partial charge in [0.2, 0.25) is 0 Å². The van der Waals surface area contributed by atoms with Crippen LogP contribution in [0.5, 0.6) is 5.75 Å². The second-order valence-electron chi connectivity index (χ2n) is 3.46. The van der Waals surface area contributed by atoms with Crippen molar-refractivity contribution in [2.75, 3.05) is 6.61 Å². The molecule has 0 radical (unpaired) electrons. The molecule has 14 heavy (non-hydrogen) atoms. The summed E-state index contributed by atoms with van der Waals surface area (Å²) in [5.41, 5.74) is -0.295. The Balaban J connectivity index is 2.45. The third-order valence-corrected chi connectivity index (χ3v) is 2.53. The molecule has 1 aliphatic rings. The van der Waals surface area contributed by atoms with Crippen LogP contribution in [0.15, 0.2) is 24.3 Å². The zero-order chi connectivity index (χ0) is 10.0. The largest absolute Gasteiger partial charge is 0.493 e. The van der Waals surface area contributed by atoms with Crippen LogP contribution in [0.3, 0.4) is 0 Å². The highest BCUT2D eigenvalue weighted by molar-refractivity contribution is 5.40. The predicted octanol–water partition coefficient (Wildman–Crippen LogP) is 1.57. The molecule has 0 aliphatic carbocycles. The van der Waals surface area contributed by atoms with Crippen LogP contribution in [0.25, 0.3) is 0 Å². The van der Waals surface area contributed by atoms with Gasteiger partial charge in [0, 0.05) is 12.0 Å². The van der Waals surface area contributed by atoms with E-state index in [1.165, 1.54) is 0 Å². The summed E-state index contributed by atoms with van der Waals surface area (Å²) in [6.45, 7) is 0.467. The third kappa shape index (κ3) is 1.34. The zero-order valence-electron chi connectivity index (χ0n) is 7.73. The molecular weight excluding hydrogens is 178 g/mol. The van der Waals surface area contributed by atoms with Crippen LogP contribution in [0, 0.1) is 11.3 Å². The van der Waals surface area contributed by atoms with Crippen LogP contribution in [0.4, 0.5) is 0 Å². The van der Waals surface area contributed by atoms with E-state index in [0.29, 0.717) is 18.8 Å². The van der Waals surface area contributed by atoms with Gasteiger partial charge >= 0.3 is 0 Å². The number of ether oxygens (including phenoxy) is 1. The molecular formula is C11H11NO2. The summed E-state index contributed by atoms with van der Waals surface area (Å²) >= 11 is 0. The molecule has 1 aromatic carbocycles. The number of rotatable bonds is 1. The van der Waals surface area contributed by atoms with Gasteiger partial charge in [-0.05, 0) is 6.07 Å². The SMILES string of the molecule is N#CCC1(O)CCOc2ccccc21. The van der Waals surface area contributed by atoms with Crippen LogP contribution >= 0.6 is 0 Å². The number of aliphatic hydroxyl groups is 1. The molecule has 0 aromatic heterocycles. The molecule has 2 rings (SSSR count). The number of nitrogens with zero attached hydrogens (tertiary/aromatic N) is 1. The van der Waals surface area contributed by atoms with Gasteiger partial charge in [-0.2, -0.15) is 5.26 Å². The summed E-state index contributed by atoms with van der Waals surface area (Å²) in [5, 5.41) is 18.9. The molecule has 1 aromatic rings. The van der Waals surface area contributed by atoms with Gasteiger partial charge < -0.3 is 9.84 Å². The number of hydrogen-bond acceptors (Lipinski definition) is 3. The monoisotopic (exact) mass is 189 g/mol. The highest BCUT2D eigenvalue weighted by Crippen LogP contribution is 2.38. The lowest BCUT2D eigenvalue weighted by molar-refractivity contribution is 0.00126. The van der Waals surface area contributed by atoms with Gasteiger partial charge in [0.1, 0.15) is 11.4 Å². The maximum Gasteiger partial charge on any atom is 0.125 e. The van der Waals surface area contributed by atoms with E-state index in [2.05, 4.69) is 0 Å². The van der Waals surface area contributed by atoms with Crippen molar-refractivity contribution in [2.45, 2.75) is 18.4 Å². The molecule has 1 heterocycles. The number of nitriles is 1.